The van der Waals surface area contributed by atoms with Crippen LogP contribution in [0.3, 0.4) is 0 Å². The molecule has 1 atom stereocenters. The van der Waals surface area contributed by atoms with Gasteiger partial charge in [0.15, 0.2) is 17.5 Å². The Morgan fingerprint density at radius 2 is 1.67 bits per heavy atom. The van der Waals surface area contributed by atoms with Crippen molar-refractivity contribution in [2.45, 2.75) is 19.9 Å². The number of hydrogen-bond donors (Lipinski definition) is 2. The predicted octanol–water partition coefficient (Wildman–Crippen LogP) is 2.45. The van der Waals surface area contributed by atoms with E-state index in [2.05, 4.69) is 5.32 Å². The fourth-order valence-electron chi connectivity index (χ4n) is 1.16. The van der Waals surface area contributed by atoms with E-state index < -0.39 is 29.4 Å². The summed E-state index contributed by atoms with van der Waals surface area (Å²) in [7, 11) is 0. The molecule has 0 unspecified atom stereocenters. The number of hydrogen-bond acceptors (Lipinski definition) is 2. The van der Waals surface area contributed by atoms with Crippen LogP contribution in [0.2, 0.25) is 0 Å². The van der Waals surface area contributed by atoms with Gasteiger partial charge in [-0.3, -0.25) is 4.79 Å². The van der Waals surface area contributed by atoms with Gasteiger partial charge in [0.1, 0.15) is 0 Å². The first-order valence-corrected chi connectivity index (χ1v) is 5.04. The standard InChI is InChI=1S/C11H13F3N2O.ClH/c1-5(2)10(15)11(17)16-6-3-7(12)9(14)8(13)4-6;/h3-5,10H,15H2,1-2H3,(H,16,17);1H/t10-;/m0./s1. The average molecular weight is 283 g/mol. The van der Waals surface area contributed by atoms with Crippen LogP contribution in [0, 0.1) is 23.4 Å². The van der Waals surface area contributed by atoms with Crippen LogP contribution >= 0.6 is 12.4 Å². The first-order chi connectivity index (χ1) is 7.82. The number of nitrogens with two attached hydrogens (primary N) is 1. The van der Waals surface area contributed by atoms with E-state index in [1.807, 2.05) is 0 Å². The number of anilines is 1. The molecule has 3 N–H and O–H groups in total. The Kier molecular flexibility index (Phi) is 6.14. The molecule has 0 aliphatic rings. The Hall–Kier alpha value is -1.27. The van der Waals surface area contributed by atoms with Crippen LogP contribution in [0.1, 0.15) is 13.8 Å². The fraction of sp³-hybridized carbons (Fsp3) is 0.364. The molecule has 0 heterocycles. The maximum Gasteiger partial charge on any atom is 0.241 e. The molecule has 0 aliphatic carbocycles. The lowest BCUT2D eigenvalue weighted by atomic mass is 10.0. The van der Waals surface area contributed by atoms with Gasteiger partial charge in [0.2, 0.25) is 5.91 Å². The topological polar surface area (TPSA) is 55.1 Å². The summed E-state index contributed by atoms with van der Waals surface area (Å²) in [5.41, 5.74) is 5.38. The van der Waals surface area contributed by atoms with Crippen LogP contribution in [0.25, 0.3) is 0 Å². The Morgan fingerprint density at radius 1 is 1.22 bits per heavy atom. The van der Waals surface area contributed by atoms with Crippen molar-refractivity contribution < 1.29 is 18.0 Å². The van der Waals surface area contributed by atoms with E-state index in [0.717, 1.165) is 0 Å². The van der Waals surface area contributed by atoms with Gasteiger partial charge in [-0.1, -0.05) is 13.8 Å². The molecule has 0 saturated carbocycles. The van der Waals surface area contributed by atoms with Crippen molar-refractivity contribution in [3.05, 3.63) is 29.6 Å². The van der Waals surface area contributed by atoms with Gasteiger partial charge < -0.3 is 11.1 Å². The molecule has 1 aromatic carbocycles. The monoisotopic (exact) mass is 282 g/mol. The van der Waals surface area contributed by atoms with E-state index in [9.17, 15) is 18.0 Å². The molecule has 0 fully saturated rings. The van der Waals surface area contributed by atoms with Crippen molar-refractivity contribution in [2.24, 2.45) is 11.7 Å². The molecule has 0 aromatic heterocycles. The van der Waals surface area contributed by atoms with Crippen molar-refractivity contribution >= 4 is 24.0 Å². The van der Waals surface area contributed by atoms with Crippen molar-refractivity contribution in [3.8, 4) is 0 Å². The van der Waals surface area contributed by atoms with E-state index in [1.165, 1.54) is 0 Å². The summed E-state index contributed by atoms with van der Waals surface area (Å²) in [6.45, 7) is 3.46. The average Bonchev–Trinajstić information content (AvgIpc) is 2.24. The van der Waals surface area contributed by atoms with Crippen LogP contribution in [-0.4, -0.2) is 11.9 Å². The smallest absolute Gasteiger partial charge is 0.241 e. The third-order valence-corrected chi connectivity index (χ3v) is 2.27. The molecule has 1 amide bonds. The number of carbonyl (C=O) groups is 1. The molecular formula is C11H14ClF3N2O. The van der Waals surface area contributed by atoms with Gasteiger partial charge in [-0.15, -0.1) is 12.4 Å². The summed E-state index contributed by atoms with van der Waals surface area (Å²) >= 11 is 0. The van der Waals surface area contributed by atoms with Crippen LogP contribution in [0.15, 0.2) is 12.1 Å². The van der Waals surface area contributed by atoms with Gasteiger partial charge in [0.05, 0.1) is 6.04 Å². The highest BCUT2D eigenvalue weighted by atomic mass is 35.5. The number of carbonyl (C=O) groups excluding carboxylic acids is 1. The maximum atomic E-state index is 12.9. The fourth-order valence-corrected chi connectivity index (χ4v) is 1.16. The number of nitrogens with one attached hydrogen (secondary N) is 1. The third kappa shape index (κ3) is 3.89. The van der Waals surface area contributed by atoms with Crippen molar-refractivity contribution in [2.75, 3.05) is 5.32 Å². The molecule has 0 bridgehead atoms. The zero-order chi connectivity index (χ0) is 13.2. The normalized spacial score (nSPS) is 11.9. The molecule has 1 aromatic rings. The summed E-state index contributed by atoms with van der Waals surface area (Å²) in [6, 6.07) is 0.596. The molecular weight excluding hydrogens is 269 g/mol. The first kappa shape index (κ1) is 16.7. The van der Waals surface area contributed by atoms with Gasteiger partial charge in [0.25, 0.3) is 0 Å². The molecule has 7 heteroatoms. The van der Waals surface area contributed by atoms with Crippen molar-refractivity contribution in [1.82, 2.24) is 0 Å². The SMILES string of the molecule is CC(C)[C@H](N)C(=O)Nc1cc(F)c(F)c(F)c1.Cl. The highest BCUT2D eigenvalue weighted by molar-refractivity contribution is 5.94. The van der Waals surface area contributed by atoms with Gasteiger partial charge in [-0.2, -0.15) is 0 Å². The van der Waals surface area contributed by atoms with Crippen LogP contribution in [0.5, 0.6) is 0 Å². The number of rotatable bonds is 3. The molecule has 18 heavy (non-hydrogen) atoms. The lowest BCUT2D eigenvalue weighted by molar-refractivity contribution is -0.118. The molecule has 102 valence electrons. The molecule has 1 rings (SSSR count). The third-order valence-electron chi connectivity index (χ3n) is 2.27. The van der Waals surface area contributed by atoms with E-state index in [4.69, 9.17) is 5.73 Å². The summed E-state index contributed by atoms with van der Waals surface area (Å²) in [5.74, 6) is -5.00. The van der Waals surface area contributed by atoms with E-state index in [-0.39, 0.29) is 24.0 Å². The van der Waals surface area contributed by atoms with E-state index in [1.54, 1.807) is 13.8 Å². The number of benzene rings is 1. The first-order valence-electron chi connectivity index (χ1n) is 5.04. The van der Waals surface area contributed by atoms with E-state index in [0.29, 0.717) is 12.1 Å². The van der Waals surface area contributed by atoms with E-state index >= 15 is 0 Å². The minimum absolute atomic E-state index is 0. The zero-order valence-electron chi connectivity index (χ0n) is 9.84. The largest absolute Gasteiger partial charge is 0.325 e. The number of halogens is 4. The summed E-state index contributed by atoms with van der Waals surface area (Å²) < 4.78 is 38.4. The Balaban J connectivity index is 0.00000289. The minimum atomic E-state index is -1.57. The number of amides is 1. The summed E-state index contributed by atoms with van der Waals surface area (Å²) in [4.78, 5) is 11.5. The van der Waals surface area contributed by atoms with Gasteiger partial charge >= 0.3 is 0 Å². The van der Waals surface area contributed by atoms with Crippen LogP contribution in [0.4, 0.5) is 18.9 Å². The summed E-state index contributed by atoms with van der Waals surface area (Å²) in [6.07, 6.45) is 0. The maximum absolute atomic E-state index is 12.9. The molecule has 0 spiro atoms. The van der Waals surface area contributed by atoms with Crippen molar-refractivity contribution in [1.29, 1.82) is 0 Å². The molecule has 0 radical (unpaired) electrons. The second kappa shape index (κ2) is 6.61. The highest BCUT2D eigenvalue weighted by Gasteiger charge is 2.18. The quantitative estimate of drug-likeness (QED) is 0.837. The molecule has 0 saturated heterocycles. The lowest BCUT2D eigenvalue weighted by Crippen LogP contribution is -2.39. The Bertz CT molecular complexity index is 417. The molecule has 3 nitrogen and oxygen atoms in total. The Morgan fingerprint density at radius 3 is 2.06 bits per heavy atom. The van der Waals surface area contributed by atoms with Gasteiger partial charge in [-0.05, 0) is 5.92 Å². The summed E-state index contributed by atoms with van der Waals surface area (Å²) in [5, 5.41) is 2.22. The van der Waals surface area contributed by atoms with Crippen LogP contribution in [-0.2, 0) is 4.79 Å². The zero-order valence-corrected chi connectivity index (χ0v) is 10.7. The highest BCUT2D eigenvalue weighted by Crippen LogP contribution is 2.17. The van der Waals surface area contributed by atoms with Crippen LogP contribution < -0.4 is 11.1 Å². The predicted molar refractivity (Wildman–Crippen MR) is 65.0 cm³/mol. The minimum Gasteiger partial charge on any atom is -0.325 e. The van der Waals surface area contributed by atoms with Gasteiger partial charge in [-0.25, -0.2) is 13.2 Å². The molecule has 0 aliphatic heterocycles. The lowest BCUT2D eigenvalue weighted by Gasteiger charge is -2.15. The second-order valence-corrected chi connectivity index (χ2v) is 4.01. The Labute approximate surface area is 109 Å². The van der Waals surface area contributed by atoms with Gasteiger partial charge in [0, 0.05) is 17.8 Å². The second-order valence-electron chi connectivity index (χ2n) is 4.01. The van der Waals surface area contributed by atoms with Crippen molar-refractivity contribution in [3.63, 3.8) is 0 Å².